The fourth-order valence-corrected chi connectivity index (χ4v) is 2.66. The molecule has 1 heterocycles. The van der Waals surface area contributed by atoms with Gasteiger partial charge in [-0.25, -0.2) is 9.97 Å². The number of carbonyl (C=O) groups is 1. The number of aromatic nitrogens is 2. The maximum Gasteiger partial charge on any atom is 0.271 e. The molecule has 1 amide bonds. The van der Waals surface area contributed by atoms with Crippen LogP contribution >= 0.6 is 0 Å². The normalized spacial score (nSPS) is 10.5. The molecule has 0 bridgehead atoms. The largest absolute Gasteiger partial charge is 0.457 e. The molecule has 4 rings (SSSR count). The van der Waals surface area contributed by atoms with Gasteiger partial charge in [0, 0.05) is 11.8 Å². The lowest BCUT2D eigenvalue weighted by molar-refractivity contribution is 0.0996. The topological polar surface area (TPSA) is 90.1 Å². The zero-order valence-electron chi connectivity index (χ0n) is 14.3. The molecule has 4 aromatic rings. The lowest BCUT2D eigenvalue weighted by Crippen LogP contribution is -2.16. The van der Waals surface area contributed by atoms with E-state index in [1.54, 1.807) is 6.07 Å². The Balaban J connectivity index is 1.66. The van der Waals surface area contributed by atoms with Crippen molar-refractivity contribution in [2.45, 2.75) is 0 Å². The lowest BCUT2D eigenvalue weighted by atomic mass is 10.2. The van der Waals surface area contributed by atoms with Gasteiger partial charge in [-0.2, -0.15) is 0 Å². The predicted octanol–water partition coefficient (Wildman–Crippen LogP) is 4.26. The molecular weight excluding hydrogens is 340 g/mol. The molecule has 0 spiro atoms. The molecule has 0 saturated carbocycles. The third-order valence-corrected chi connectivity index (χ3v) is 3.88. The molecule has 132 valence electrons. The summed E-state index contributed by atoms with van der Waals surface area (Å²) in [5.74, 6) is 1.05. The van der Waals surface area contributed by atoms with Gasteiger partial charge in [-0.3, -0.25) is 4.79 Å². The van der Waals surface area contributed by atoms with Gasteiger partial charge in [0.05, 0.1) is 11.0 Å². The van der Waals surface area contributed by atoms with Crippen LogP contribution in [0.1, 0.15) is 10.5 Å². The van der Waals surface area contributed by atoms with E-state index >= 15 is 0 Å². The summed E-state index contributed by atoms with van der Waals surface area (Å²) in [7, 11) is 0. The molecule has 6 nitrogen and oxygen atoms in total. The Morgan fingerprint density at radius 2 is 1.48 bits per heavy atom. The second-order valence-corrected chi connectivity index (χ2v) is 5.84. The number of benzene rings is 3. The molecule has 0 fully saturated rings. The van der Waals surface area contributed by atoms with Crippen LogP contribution in [0.3, 0.4) is 0 Å². The van der Waals surface area contributed by atoms with E-state index in [9.17, 15) is 4.79 Å². The van der Waals surface area contributed by atoms with E-state index in [1.807, 2.05) is 72.8 Å². The number of rotatable bonds is 5. The molecule has 0 aliphatic heterocycles. The number of anilines is 2. The van der Waals surface area contributed by atoms with Crippen molar-refractivity contribution in [2.24, 2.45) is 5.73 Å². The number of para-hydroxylation sites is 3. The second kappa shape index (κ2) is 7.13. The van der Waals surface area contributed by atoms with Gasteiger partial charge in [0.15, 0.2) is 11.5 Å². The van der Waals surface area contributed by atoms with Gasteiger partial charge in [-0.15, -0.1) is 0 Å². The fraction of sp³-hybridized carbons (Fsp3) is 0. The summed E-state index contributed by atoms with van der Waals surface area (Å²) in [6.07, 6.45) is 0. The van der Waals surface area contributed by atoms with Crippen molar-refractivity contribution in [3.63, 3.8) is 0 Å². The zero-order chi connectivity index (χ0) is 18.6. The highest BCUT2D eigenvalue weighted by Gasteiger charge is 2.14. The third-order valence-electron chi connectivity index (χ3n) is 3.88. The minimum absolute atomic E-state index is 0.0862. The Bertz CT molecular complexity index is 1110. The summed E-state index contributed by atoms with van der Waals surface area (Å²) < 4.78 is 5.84. The number of ether oxygens (including phenoxy) is 1. The van der Waals surface area contributed by atoms with Gasteiger partial charge in [0.25, 0.3) is 5.91 Å². The van der Waals surface area contributed by atoms with E-state index in [2.05, 4.69) is 15.3 Å². The quantitative estimate of drug-likeness (QED) is 0.557. The van der Waals surface area contributed by atoms with Crippen LogP contribution in [0.25, 0.3) is 11.0 Å². The van der Waals surface area contributed by atoms with Gasteiger partial charge in [0.2, 0.25) is 0 Å². The smallest absolute Gasteiger partial charge is 0.271 e. The number of nitrogens with one attached hydrogen (secondary N) is 1. The summed E-state index contributed by atoms with van der Waals surface area (Å²) >= 11 is 0. The molecule has 3 aromatic carbocycles. The van der Waals surface area contributed by atoms with Gasteiger partial charge in [0.1, 0.15) is 11.5 Å². The highest BCUT2D eigenvalue weighted by molar-refractivity contribution is 5.98. The second-order valence-electron chi connectivity index (χ2n) is 5.84. The van der Waals surface area contributed by atoms with Gasteiger partial charge in [-0.05, 0) is 36.4 Å². The van der Waals surface area contributed by atoms with Gasteiger partial charge < -0.3 is 15.8 Å². The fourth-order valence-electron chi connectivity index (χ4n) is 2.66. The maximum atomic E-state index is 11.8. The Morgan fingerprint density at radius 3 is 2.22 bits per heavy atom. The number of nitrogens with zero attached hydrogens (tertiary/aromatic N) is 2. The first-order valence-corrected chi connectivity index (χ1v) is 8.35. The van der Waals surface area contributed by atoms with Crippen LogP contribution in [-0.2, 0) is 0 Å². The minimum atomic E-state index is -0.646. The van der Waals surface area contributed by atoms with Crippen LogP contribution in [0.2, 0.25) is 0 Å². The first-order valence-electron chi connectivity index (χ1n) is 8.35. The molecule has 1 aromatic heterocycles. The van der Waals surface area contributed by atoms with Crippen molar-refractivity contribution in [3.05, 3.63) is 84.6 Å². The predicted molar refractivity (Wildman–Crippen MR) is 104 cm³/mol. The summed E-state index contributed by atoms with van der Waals surface area (Å²) in [6, 6.07) is 24.1. The Morgan fingerprint density at radius 1 is 0.815 bits per heavy atom. The van der Waals surface area contributed by atoms with Crippen molar-refractivity contribution >= 4 is 28.4 Å². The summed E-state index contributed by atoms with van der Waals surface area (Å²) in [5.41, 5.74) is 7.55. The van der Waals surface area contributed by atoms with Crippen molar-refractivity contribution in [3.8, 4) is 11.5 Å². The molecule has 3 N–H and O–H groups in total. The SMILES string of the molecule is NC(=O)c1nc2ccccc2nc1Nc1cccc(Oc2ccccc2)c1. The highest BCUT2D eigenvalue weighted by atomic mass is 16.5. The van der Waals surface area contributed by atoms with E-state index in [1.165, 1.54) is 0 Å². The van der Waals surface area contributed by atoms with E-state index in [-0.39, 0.29) is 5.69 Å². The molecule has 0 atom stereocenters. The Kier molecular flexibility index (Phi) is 4.37. The number of hydrogen-bond acceptors (Lipinski definition) is 5. The van der Waals surface area contributed by atoms with Crippen LogP contribution in [0.5, 0.6) is 11.5 Å². The van der Waals surface area contributed by atoms with Crippen LogP contribution in [-0.4, -0.2) is 15.9 Å². The van der Waals surface area contributed by atoms with Crippen molar-refractivity contribution in [1.82, 2.24) is 9.97 Å². The van der Waals surface area contributed by atoms with Crippen LogP contribution in [0.4, 0.5) is 11.5 Å². The molecule has 6 heteroatoms. The van der Waals surface area contributed by atoms with Gasteiger partial charge >= 0.3 is 0 Å². The highest BCUT2D eigenvalue weighted by Crippen LogP contribution is 2.26. The summed E-state index contributed by atoms with van der Waals surface area (Å²) in [4.78, 5) is 20.6. The number of primary amides is 1. The number of nitrogens with two attached hydrogens (primary N) is 1. The average molecular weight is 356 g/mol. The lowest BCUT2D eigenvalue weighted by Gasteiger charge is -2.11. The van der Waals surface area contributed by atoms with Crippen molar-refractivity contribution in [2.75, 3.05) is 5.32 Å². The number of hydrogen-bond donors (Lipinski definition) is 2. The van der Waals surface area contributed by atoms with E-state index in [0.717, 1.165) is 5.75 Å². The van der Waals surface area contributed by atoms with Gasteiger partial charge in [-0.1, -0.05) is 36.4 Å². The monoisotopic (exact) mass is 356 g/mol. The van der Waals surface area contributed by atoms with E-state index < -0.39 is 5.91 Å². The molecule has 0 aliphatic rings. The molecule has 27 heavy (non-hydrogen) atoms. The van der Waals surface area contributed by atoms with Crippen molar-refractivity contribution in [1.29, 1.82) is 0 Å². The van der Waals surface area contributed by atoms with Crippen molar-refractivity contribution < 1.29 is 9.53 Å². The standard InChI is InChI=1S/C21H16N4O2/c22-20(26)19-21(25-18-12-5-4-11-17(18)24-19)23-14-7-6-10-16(13-14)27-15-8-2-1-3-9-15/h1-13H,(H2,22,26)(H,23,25). The first kappa shape index (κ1) is 16.5. The molecule has 0 aliphatic carbocycles. The van der Waals surface area contributed by atoms with E-state index in [4.69, 9.17) is 10.5 Å². The molecule has 0 unspecified atom stereocenters. The van der Waals surface area contributed by atoms with Crippen LogP contribution < -0.4 is 15.8 Å². The first-order chi connectivity index (χ1) is 13.2. The average Bonchev–Trinajstić information content (AvgIpc) is 2.68. The Labute approximate surface area is 155 Å². The molecule has 0 saturated heterocycles. The zero-order valence-corrected chi connectivity index (χ0v) is 14.3. The summed E-state index contributed by atoms with van der Waals surface area (Å²) in [6.45, 7) is 0. The van der Waals surface area contributed by atoms with E-state index in [0.29, 0.717) is 28.3 Å². The van der Waals surface area contributed by atoms with Crippen LogP contribution in [0.15, 0.2) is 78.9 Å². The van der Waals surface area contributed by atoms with Crippen LogP contribution in [0, 0.1) is 0 Å². The minimum Gasteiger partial charge on any atom is -0.457 e. The third kappa shape index (κ3) is 3.69. The number of fused-ring (bicyclic) bond motifs is 1. The molecular formula is C21H16N4O2. The maximum absolute atomic E-state index is 11.8. The Hall–Kier alpha value is -3.93. The number of carbonyl (C=O) groups excluding carboxylic acids is 1. The number of amides is 1. The summed E-state index contributed by atoms with van der Waals surface area (Å²) in [5, 5.41) is 3.12. The molecule has 0 radical (unpaired) electrons.